The van der Waals surface area contributed by atoms with Gasteiger partial charge >= 0.3 is 6.18 Å². The van der Waals surface area contributed by atoms with E-state index in [0.29, 0.717) is 5.76 Å². The molecular formula is C15H16F3NOSi. The maximum absolute atomic E-state index is 12.6. The van der Waals surface area contributed by atoms with E-state index in [1.807, 2.05) is 6.07 Å². The summed E-state index contributed by atoms with van der Waals surface area (Å²) >= 11 is 0. The van der Waals surface area contributed by atoms with Crippen molar-refractivity contribution in [3.05, 3.63) is 47.7 Å². The van der Waals surface area contributed by atoms with Crippen molar-refractivity contribution in [2.24, 2.45) is 4.99 Å². The lowest BCUT2D eigenvalue weighted by Gasteiger charge is -2.10. The third-order valence-corrected chi connectivity index (χ3v) is 4.63. The molecule has 6 heteroatoms. The molecular weight excluding hydrogens is 295 g/mol. The lowest BCUT2D eigenvalue weighted by Crippen LogP contribution is -2.36. The van der Waals surface area contributed by atoms with E-state index in [0.717, 1.165) is 17.5 Å². The third kappa shape index (κ3) is 4.07. The second-order valence-electron chi connectivity index (χ2n) is 5.76. The number of hydrogen-bond acceptors (Lipinski definition) is 2. The largest absolute Gasteiger partial charge is 0.465 e. The number of hydrogen-bond donors (Lipinski definition) is 0. The highest BCUT2D eigenvalue weighted by Gasteiger charge is 2.30. The number of alkyl halides is 3. The molecule has 0 amide bonds. The highest BCUT2D eigenvalue weighted by Crippen LogP contribution is 2.31. The quantitative estimate of drug-likeness (QED) is 0.601. The number of furan rings is 1. The van der Waals surface area contributed by atoms with Crippen LogP contribution in [0.1, 0.15) is 11.3 Å². The predicted octanol–water partition coefficient (Wildman–Crippen LogP) is 4.59. The molecule has 21 heavy (non-hydrogen) atoms. The molecule has 0 aliphatic rings. The Kier molecular flexibility index (Phi) is 4.09. The Balaban J connectivity index is 2.20. The molecule has 112 valence electrons. The van der Waals surface area contributed by atoms with Crippen LogP contribution in [0.25, 0.3) is 0 Å². The topological polar surface area (TPSA) is 25.5 Å². The summed E-state index contributed by atoms with van der Waals surface area (Å²) in [5.41, 5.74) is -0.463. The van der Waals surface area contributed by atoms with Crippen molar-refractivity contribution < 1.29 is 17.6 Å². The SMILES string of the molecule is C[Si](C)(C)c1ccc(C=Nc2cccc(C(F)(F)F)c2)o1. The first-order valence-corrected chi connectivity index (χ1v) is 9.98. The summed E-state index contributed by atoms with van der Waals surface area (Å²) < 4.78 is 43.5. The average molecular weight is 311 g/mol. The zero-order valence-corrected chi connectivity index (χ0v) is 13.0. The molecule has 1 heterocycles. The van der Waals surface area contributed by atoms with E-state index in [9.17, 15) is 13.2 Å². The Hall–Kier alpha value is -1.82. The van der Waals surface area contributed by atoms with E-state index in [1.165, 1.54) is 18.3 Å². The van der Waals surface area contributed by atoms with Gasteiger partial charge in [0.2, 0.25) is 0 Å². The van der Waals surface area contributed by atoms with Crippen LogP contribution in [0.3, 0.4) is 0 Å². The first kappa shape index (κ1) is 15.6. The van der Waals surface area contributed by atoms with E-state index in [1.54, 1.807) is 6.07 Å². The molecule has 0 aliphatic carbocycles. The molecule has 0 saturated carbocycles. The first-order valence-electron chi connectivity index (χ1n) is 6.48. The van der Waals surface area contributed by atoms with Gasteiger partial charge in [-0.3, -0.25) is 4.99 Å². The van der Waals surface area contributed by atoms with E-state index >= 15 is 0 Å². The summed E-state index contributed by atoms with van der Waals surface area (Å²) in [5.74, 6) is 0.546. The van der Waals surface area contributed by atoms with Gasteiger partial charge in [-0.1, -0.05) is 25.7 Å². The number of nitrogens with zero attached hydrogens (tertiary/aromatic N) is 1. The van der Waals surface area contributed by atoms with Gasteiger partial charge in [0.15, 0.2) is 0 Å². The fraction of sp³-hybridized carbons (Fsp3) is 0.267. The Morgan fingerprint density at radius 3 is 2.38 bits per heavy atom. The van der Waals surface area contributed by atoms with Crippen molar-refractivity contribution in [3.63, 3.8) is 0 Å². The molecule has 2 aromatic rings. The Morgan fingerprint density at radius 1 is 1.10 bits per heavy atom. The molecule has 0 spiro atoms. The molecule has 0 fully saturated rings. The number of rotatable bonds is 3. The van der Waals surface area contributed by atoms with Crippen molar-refractivity contribution >= 4 is 25.4 Å². The number of aliphatic imine (C=N–C) groups is 1. The van der Waals surface area contributed by atoms with Gasteiger partial charge in [-0.15, -0.1) is 0 Å². The summed E-state index contributed by atoms with van der Waals surface area (Å²) in [6.07, 6.45) is -2.92. The van der Waals surface area contributed by atoms with Crippen molar-refractivity contribution in [2.45, 2.75) is 25.8 Å². The molecule has 0 unspecified atom stereocenters. The summed E-state index contributed by atoms with van der Waals surface area (Å²) in [4.78, 5) is 4.04. The van der Waals surface area contributed by atoms with Crippen molar-refractivity contribution in [1.29, 1.82) is 0 Å². The summed E-state index contributed by atoms with van der Waals surface area (Å²) in [6, 6.07) is 8.58. The van der Waals surface area contributed by atoms with E-state index in [4.69, 9.17) is 4.42 Å². The van der Waals surface area contributed by atoms with Gasteiger partial charge in [0, 0.05) is 0 Å². The maximum atomic E-state index is 12.6. The van der Waals surface area contributed by atoms with Gasteiger partial charge in [-0.2, -0.15) is 13.2 Å². The predicted molar refractivity (Wildman–Crippen MR) is 80.4 cm³/mol. The fourth-order valence-corrected chi connectivity index (χ4v) is 2.73. The molecule has 0 N–H and O–H groups in total. The van der Waals surface area contributed by atoms with Crippen LogP contribution >= 0.6 is 0 Å². The number of halogens is 3. The molecule has 0 saturated heterocycles. The van der Waals surface area contributed by atoms with Crippen molar-refractivity contribution in [2.75, 3.05) is 0 Å². The van der Waals surface area contributed by atoms with E-state index in [2.05, 4.69) is 24.6 Å². The summed E-state index contributed by atoms with van der Waals surface area (Å²) in [7, 11) is -1.53. The van der Waals surface area contributed by atoms with E-state index < -0.39 is 19.8 Å². The second-order valence-corrected chi connectivity index (χ2v) is 10.8. The van der Waals surface area contributed by atoms with Crippen LogP contribution in [0.2, 0.25) is 19.6 Å². The van der Waals surface area contributed by atoms with Crippen LogP contribution in [0.5, 0.6) is 0 Å². The summed E-state index contributed by atoms with van der Waals surface area (Å²) in [6.45, 7) is 6.46. The van der Waals surface area contributed by atoms with Crippen molar-refractivity contribution in [3.8, 4) is 0 Å². The minimum absolute atomic E-state index is 0.246. The lowest BCUT2D eigenvalue weighted by atomic mass is 10.2. The van der Waals surface area contributed by atoms with Crippen LogP contribution in [0.4, 0.5) is 18.9 Å². The molecule has 0 aliphatic heterocycles. The summed E-state index contributed by atoms with van der Waals surface area (Å²) in [5, 5.41) is 0.938. The maximum Gasteiger partial charge on any atom is 0.416 e. The molecule has 1 aromatic heterocycles. The van der Waals surface area contributed by atoms with Crippen LogP contribution in [-0.4, -0.2) is 14.3 Å². The normalized spacial score (nSPS) is 13.0. The molecule has 0 bridgehead atoms. The Bertz CT molecular complexity index is 653. The van der Waals surface area contributed by atoms with Crippen LogP contribution in [0.15, 0.2) is 45.8 Å². The lowest BCUT2D eigenvalue weighted by molar-refractivity contribution is -0.137. The minimum Gasteiger partial charge on any atom is -0.465 e. The first-order chi connectivity index (χ1) is 9.66. The molecule has 0 atom stereocenters. The smallest absolute Gasteiger partial charge is 0.416 e. The Morgan fingerprint density at radius 2 is 1.81 bits per heavy atom. The van der Waals surface area contributed by atoms with Gasteiger partial charge in [-0.25, -0.2) is 0 Å². The Labute approximate surface area is 122 Å². The molecule has 2 rings (SSSR count). The minimum atomic E-state index is -4.36. The zero-order valence-electron chi connectivity index (χ0n) is 12.0. The van der Waals surface area contributed by atoms with Crippen LogP contribution in [0, 0.1) is 0 Å². The second kappa shape index (κ2) is 5.52. The van der Waals surface area contributed by atoms with Gasteiger partial charge in [0.1, 0.15) is 13.8 Å². The molecule has 1 aromatic carbocycles. The van der Waals surface area contributed by atoms with Crippen LogP contribution in [-0.2, 0) is 6.18 Å². The molecule has 0 radical (unpaired) electrons. The fourth-order valence-electron chi connectivity index (χ4n) is 1.73. The zero-order chi connectivity index (χ0) is 15.7. The van der Waals surface area contributed by atoms with Crippen LogP contribution < -0.4 is 5.38 Å². The van der Waals surface area contributed by atoms with Gasteiger partial charge in [0.05, 0.1) is 22.8 Å². The number of benzene rings is 1. The standard InChI is InChI=1S/C15H16F3NOSi/c1-21(2,3)14-8-7-13(20-14)10-19-12-6-4-5-11(9-12)15(16,17)18/h4-10H,1-3H3. The van der Waals surface area contributed by atoms with E-state index in [-0.39, 0.29) is 5.69 Å². The van der Waals surface area contributed by atoms with Gasteiger partial charge in [0.25, 0.3) is 0 Å². The average Bonchev–Trinajstić information content (AvgIpc) is 2.84. The third-order valence-electron chi connectivity index (χ3n) is 2.88. The molecule has 2 nitrogen and oxygen atoms in total. The highest BCUT2D eigenvalue weighted by atomic mass is 28.3. The van der Waals surface area contributed by atoms with Crippen molar-refractivity contribution in [1.82, 2.24) is 0 Å². The van der Waals surface area contributed by atoms with Gasteiger partial charge < -0.3 is 4.42 Å². The monoisotopic (exact) mass is 311 g/mol. The highest BCUT2D eigenvalue weighted by molar-refractivity contribution is 6.87. The van der Waals surface area contributed by atoms with Gasteiger partial charge in [-0.05, 0) is 30.3 Å².